The van der Waals surface area contributed by atoms with E-state index in [0.717, 1.165) is 17.1 Å². The number of likely N-dealkylation sites (tertiary alicyclic amines) is 1. The number of hydrogen-bond donors (Lipinski definition) is 1. The summed E-state index contributed by atoms with van der Waals surface area (Å²) in [4.78, 5) is 5.84. The van der Waals surface area contributed by atoms with E-state index in [9.17, 15) is 21.6 Å². The number of halogens is 3. The Bertz CT molecular complexity index is 1270. The number of benzene rings is 2. The SMILES string of the molecule is O=S(=O)(Nc1ncns1)c1ccc2c(c1)OCC[C@H]2N1CCC(F)(F)C[C@H]1c1ccc(F)cc1. The smallest absolute Gasteiger partial charge is 0.263 e. The van der Waals surface area contributed by atoms with Crippen LogP contribution in [0.4, 0.5) is 18.3 Å². The van der Waals surface area contributed by atoms with E-state index in [2.05, 4.69) is 14.1 Å². The van der Waals surface area contributed by atoms with Crippen molar-refractivity contribution in [3.8, 4) is 5.75 Å². The highest BCUT2D eigenvalue weighted by Crippen LogP contribution is 2.47. The summed E-state index contributed by atoms with van der Waals surface area (Å²) >= 11 is 0.917. The van der Waals surface area contributed by atoms with Crippen molar-refractivity contribution in [2.24, 2.45) is 0 Å². The lowest BCUT2D eigenvalue weighted by molar-refractivity contribution is -0.0931. The third-order valence-corrected chi connectivity index (χ3v) is 8.22. The van der Waals surface area contributed by atoms with Crippen molar-refractivity contribution in [2.75, 3.05) is 17.9 Å². The second kappa shape index (κ2) is 8.82. The molecule has 2 aliphatic rings. The molecule has 2 aliphatic heterocycles. The first-order chi connectivity index (χ1) is 16.2. The Morgan fingerprint density at radius 1 is 1.15 bits per heavy atom. The minimum atomic E-state index is -3.90. The van der Waals surface area contributed by atoms with Crippen LogP contribution in [0.3, 0.4) is 0 Å². The van der Waals surface area contributed by atoms with Gasteiger partial charge in [0.25, 0.3) is 15.9 Å². The molecular weight excluding hydrogens is 489 g/mol. The number of piperidine rings is 1. The summed E-state index contributed by atoms with van der Waals surface area (Å²) in [5, 5.41) is 0.146. The van der Waals surface area contributed by atoms with Gasteiger partial charge in [0.1, 0.15) is 17.9 Å². The van der Waals surface area contributed by atoms with Crippen LogP contribution >= 0.6 is 11.5 Å². The number of ether oxygens (including phenoxy) is 1. The molecule has 34 heavy (non-hydrogen) atoms. The zero-order valence-corrected chi connectivity index (χ0v) is 19.5. The first kappa shape index (κ1) is 23.1. The summed E-state index contributed by atoms with van der Waals surface area (Å²) in [7, 11) is -3.90. The second-order valence-electron chi connectivity index (χ2n) is 8.32. The normalized spacial score (nSPS) is 22.6. The van der Waals surface area contributed by atoms with Gasteiger partial charge in [-0.05, 0) is 23.8 Å². The number of rotatable bonds is 5. The molecule has 12 heteroatoms. The predicted octanol–water partition coefficient (Wildman–Crippen LogP) is 4.77. The molecule has 3 heterocycles. The minimum absolute atomic E-state index is 0.00219. The van der Waals surface area contributed by atoms with Crippen LogP contribution in [0.2, 0.25) is 0 Å². The van der Waals surface area contributed by atoms with E-state index in [1.807, 2.05) is 4.90 Å². The molecule has 0 aliphatic carbocycles. The molecule has 7 nitrogen and oxygen atoms in total. The van der Waals surface area contributed by atoms with Crippen LogP contribution in [0.5, 0.6) is 5.75 Å². The van der Waals surface area contributed by atoms with Gasteiger partial charge in [-0.15, -0.1) is 0 Å². The van der Waals surface area contributed by atoms with E-state index in [1.165, 1.54) is 30.6 Å². The highest BCUT2D eigenvalue weighted by atomic mass is 32.2. The Morgan fingerprint density at radius 3 is 2.68 bits per heavy atom. The molecule has 5 rings (SSSR count). The molecule has 0 radical (unpaired) electrons. The number of aromatic nitrogens is 2. The van der Waals surface area contributed by atoms with Crippen LogP contribution in [-0.4, -0.2) is 41.7 Å². The van der Waals surface area contributed by atoms with Gasteiger partial charge in [0.15, 0.2) is 0 Å². The summed E-state index contributed by atoms with van der Waals surface area (Å²) in [5.41, 5.74) is 1.35. The summed E-state index contributed by atoms with van der Waals surface area (Å²) < 4.78 is 79.7. The van der Waals surface area contributed by atoms with Gasteiger partial charge in [-0.25, -0.2) is 26.6 Å². The van der Waals surface area contributed by atoms with Crippen molar-refractivity contribution in [3.05, 3.63) is 65.7 Å². The molecule has 0 bridgehead atoms. The first-order valence-corrected chi connectivity index (χ1v) is 12.9. The zero-order chi connectivity index (χ0) is 23.9. The van der Waals surface area contributed by atoms with Gasteiger partial charge in [-0.2, -0.15) is 4.37 Å². The molecule has 0 spiro atoms. The maximum absolute atomic E-state index is 14.4. The molecule has 1 aromatic heterocycles. The fraction of sp³-hybridized carbons (Fsp3) is 0.364. The topological polar surface area (TPSA) is 84.4 Å². The average molecular weight is 511 g/mol. The van der Waals surface area contributed by atoms with Crippen molar-refractivity contribution in [2.45, 2.75) is 42.2 Å². The average Bonchev–Trinajstić information content (AvgIpc) is 3.31. The fourth-order valence-electron chi connectivity index (χ4n) is 4.57. The molecule has 3 aromatic rings. The summed E-state index contributed by atoms with van der Waals surface area (Å²) in [6, 6.07) is 9.37. The van der Waals surface area contributed by atoms with E-state index >= 15 is 0 Å². The quantitative estimate of drug-likeness (QED) is 0.532. The molecule has 2 aromatic carbocycles. The standard InChI is InChI=1S/C22H21F3N4O3S2/c23-15-3-1-14(2-4-15)19-12-22(24,25)8-9-29(19)18-7-10-32-20-11-16(5-6-17(18)20)34(30,31)28-21-26-13-27-33-21/h1-6,11,13,18-19H,7-10,12H2,(H,26,27,28)/t18-,19+/m1/s1. The molecule has 0 saturated carbocycles. The van der Waals surface area contributed by atoms with Gasteiger partial charge in [0, 0.05) is 61.1 Å². The number of sulfonamides is 1. The lowest BCUT2D eigenvalue weighted by Crippen LogP contribution is -2.44. The largest absolute Gasteiger partial charge is 0.493 e. The van der Waals surface area contributed by atoms with E-state index < -0.39 is 27.8 Å². The molecule has 180 valence electrons. The van der Waals surface area contributed by atoms with Gasteiger partial charge in [-0.3, -0.25) is 9.62 Å². The Hall–Kier alpha value is -2.70. The molecular formula is C22H21F3N4O3S2. The van der Waals surface area contributed by atoms with Gasteiger partial charge in [0.2, 0.25) is 5.13 Å². The van der Waals surface area contributed by atoms with Gasteiger partial charge >= 0.3 is 0 Å². The number of alkyl halides is 2. The molecule has 1 saturated heterocycles. The van der Waals surface area contributed by atoms with Crippen LogP contribution < -0.4 is 9.46 Å². The van der Waals surface area contributed by atoms with Gasteiger partial charge in [-0.1, -0.05) is 18.2 Å². The summed E-state index contributed by atoms with van der Waals surface area (Å²) in [6.45, 7) is 0.464. The van der Waals surface area contributed by atoms with Crippen molar-refractivity contribution in [1.29, 1.82) is 0 Å². The molecule has 1 fully saturated rings. The summed E-state index contributed by atoms with van der Waals surface area (Å²) in [5.74, 6) is -2.85. The molecule has 1 N–H and O–H groups in total. The van der Waals surface area contributed by atoms with Crippen LogP contribution in [0, 0.1) is 5.82 Å². The number of anilines is 1. The van der Waals surface area contributed by atoms with E-state index in [1.54, 1.807) is 18.2 Å². The number of hydrogen-bond acceptors (Lipinski definition) is 7. The van der Waals surface area contributed by atoms with Crippen LogP contribution in [0.25, 0.3) is 0 Å². The third kappa shape index (κ3) is 4.62. The highest BCUT2D eigenvalue weighted by Gasteiger charge is 2.44. The number of fused-ring (bicyclic) bond motifs is 1. The molecule has 0 unspecified atom stereocenters. The van der Waals surface area contributed by atoms with Crippen molar-refractivity contribution in [1.82, 2.24) is 14.3 Å². The highest BCUT2D eigenvalue weighted by molar-refractivity contribution is 7.93. The maximum atomic E-state index is 14.4. The number of nitrogens with one attached hydrogen (secondary N) is 1. The van der Waals surface area contributed by atoms with Crippen LogP contribution in [-0.2, 0) is 10.0 Å². The Labute approximate surface area is 198 Å². The van der Waals surface area contributed by atoms with E-state index in [0.29, 0.717) is 24.3 Å². The van der Waals surface area contributed by atoms with Crippen molar-refractivity contribution >= 4 is 26.7 Å². The van der Waals surface area contributed by atoms with Crippen molar-refractivity contribution in [3.63, 3.8) is 0 Å². The predicted molar refractivity (Wildman–Crippen MR) is 120 cm³/mol. The molecule has 0 amide bonds. The Morgan fingerprint density at radius 2 is 1.94 bits per heavy atom. The lowest BCUT2D eigenvalue weighted by Gasteiger charge is -2.45. The van der Waals surface area contributed by atoms with Gasteiger partial charge < -0.3 is 4.74 Å². The summed E-state index contributed by atoms with van der Waals surface area (Å²) in [6.07, 6.45) is 1.16. The number of nitrogens with zero attached hydrogens (tertiary/aromatic N) is 3. The van der Waals surface area contributed by atoms with Crippen molar-refractivity contribution < 1.29 is 26.3 Å². The van der Waals surface area contributed by atoms with E-state index in [4.69, 9.17) is 4.74 Å². The Kier molecular flexibility index (Phi) is 5.98. The van der Waals surface area contributed by atoms with Crippen LogP contribution in [0.1, 0.15) is 42.5 Å². The lowest BCUT2D eigenvalue weighted by atomic mass is 9.88. The minimum Gasteiger partial charge on any atom is -0.493 e. The first-order valence-electron chi connectivity index (χ1n) is 10.7. The zero-order valence-electron chi connectivity index (χ0n) is 17.8. The fourth-order valence-corrected chi connectivity index (χ4v) is 6.25. The molecule has 2 atom stereocenters. The van der Waals surface area contributed by atoms with E-state index in [-0.39, 0.29) is 35.5 Å². The maximum Gasteiger partial charge on any atom is 0.263 e. The van der Waals surface area contributed by atoms with Gasteiger partial charge in [0.05, 0.1) is 11.5 Å². The monoisotopic (exact) mass is 510 g/mol. The second-order valence-corrected chi connectivity index (χ2v) is 10.8. The Balaban J connectivity index is 1.46. The third-order valence-electron chi connectivity index (χ3n) is 6.17. The van der Waals surface area contributed by atoms with Crippen LogP contribution in [0.15, 0.2) is 53.7 Å².